The summed E-state index contributed by atoms with van der Waals surface area (Å²) < 4.78 is 6.50. The smallest absolute Gasteiger partial charge is 0.221 e. The maximum atomic E-state index is 11.7. The molecule has 2 rings (SSSR count). The first-order valence-electron chi connectivity index (χ1n) is 8.18. The third kappa shape index (κ3) is 5.19. The van der Waals surface area contributed by atoms with Crippen molar-refractivity contribution in [2.24, 2.45) is 5.73 Å². The fourth-order valence-corrected chi connectivity index (χ4v) is 3.64. The van der Waals surface area contributed by atoms with Crippen molar-refractivity contribution < 1.29 is 9.53 Å². The third-order valence-corrected chi connectivity index (χ3v) is 4.91. The highest BCUT2D eigenvalue weighted by molar-refractivity contribution is 9.10. The van der Waals surface area contributed by atoms with Gasteiger partial charge in [0.25, 0.3) is 0 Å². The second-order valence-electron chi connectivity index (χ2n) is 5.90. The van der Waals surface area contributed by atoms with Gasteiger partial charge in [0.1, 0.15) is 5.75 Å². The second kappa shape index (κ2) is 9.25. The fraction of sp³-hybridized carbons (Fsp3) is 0.588. The maximum absolute atomic E-state index is 11.7. The summed E-state index contributed by atoms with van der Waals surface area (Å²) >= 11 is 3.54. The van der Waals surface area contributed by atoms with Gasteiger partial charge >= 0.3 is 0 Å². The Morgan fingerprint density at radius 3 is 3.04 bits per heavy atom. The summed E-state index contributed by atoms with van der Waals surface area (Å²) in [6.07, 6.45) is 3.92. The molecule has 1 aromatic carbocycles. The number of benzene rings is 1. The minimum atomic E-state index is 0.0399. The van der Waals surface area contributed by atoms with E-state index in [9.17, 15) is 4.79 Å². The molecule has 0 saturated carbocycles. The molecule has 0 spiro atoms. The first kappa shape index (κ1) is 18.2. The number of hydrogen-bond donors (Lipinski definition) is 2. The molecule has 1 aliphatic rings. The predicted molar refractivity (Wildman–Crippen MR) is 95.4 cm³/mol. The Bertz CT molecular complexity index is 525. The number of likely N-dealkylation sites (tertiary alicyclic amines) is 1. The molecule has 0 bridgehead atoms. The van der Waals surface area contributed by atoms with E-state index in [2.05, 4.69) is 32.2 Å². The topological polar surface area (TPSA) is 67.6 Å². The fourth-order valence-electron chi connectivity index (χ4n) is 3.08. The number of carbonyl (C=O) groups is 1. The number of piperidine rings is 1. The van der Waals surface area contributed by atoms with Crippen LogP contribution in [0.2, 0.25) is 0 Å². The molecular formula is C17H26BrN3O2. The Morgan fingerprint density at radius 1 is 1.48 bits per heavy atom. The molecule has 1 heterocycles. The lowest BCUT2D eigenvalue weighted by Gasteiger charge is -2.36. The third-order valence-electron chi connectivity index (χ3n) is 4.28. The Kier molecular flexibility index (Phi) is 7.33. The molecule has 128 valence electrons. The first-order valence-corrected chi connectivity index (χ1v) is 8.97. The number of nitrogens with zero attached hydrogens (tertiary/aromatic N) is 1. The second-order valence-corrected chi connectivity index (χ2v) is 6.75. The summed E-state index contributed by atoms with van der Waals surface area (Å²) in [4.78, 5) is 14.1. The van der Waals surface area contributed by atoms with Crippen molar-refractivity contribution >= 4 is 21.8 Å². The van der Waals surface area contributed by atoms with Crippen molar-refractivity contribution in [1.82, 2.24) is 10.2 Å². The summed E-state index contributed by atoms with van der Waals surface area (Å²) in [6, 6.07) is 6.49. The van der Waals surface area contributed by atoms with Gasteiger partial charge in [0.2, 0.25) is 5.91 Å². The van der Waals surface area contributed by atoms with Gasteiger partial charge in [0.05, 0.1) is 11.6 Å². The van der Waals surface area contributed by atoms with Crippen LogP contribution in [-0.2, 0) is 11.3 Å². The van der Waals surface area contributed by atoms with Crippen LogP contribution in [0.15, 0.2) is 22.7 Å². The number of ether oxygens (including phenoxy) is 1. The van der Waals surface area contributed by atoms with E-state index < -0.39 is 0 Å². The number of nitrogens with one attached hydrogen (secondary N) is 1. The van der Waals surface area contributed by atoms with E-state index >= 15 is 0 Å². The van der Waals surface area contributed by atoms with Crippen LogP contribution in [0.5, 0.6) is 5.75 Å². The molecule has 1 atom stereocenters. The molecule has 3 N–H and O–H groups in total. The quantitative estimate of drug-likeness (QED) is 0.757. The number of para-hydroxylation sites is 1. The van der Waals surface area contributed by atoms with Gasteiger partial charge in [-0.3, -0.25) is 9.69 Å². The van der Waals surface area contributed by atoms with Crippen molar-refractivity contribution in [3.63, 3.8) is 0 Å². The number of amides is 1. The lowest BCUT2D eigenvalue weighted by atomic mass is 10.0. The highest BCUT2D eigenvalue weighted by Crippen LogP contribution is 2.31. The Balaban J connectivity index is 2.01. The minimum Gasteiger partial charge on any atom is -0.495 e. The van der Waals surface area contributed by atoms with E-state index in [1.807, 2.05) is 12.1 Å². The van der Waals surface area contributed by atoms with Gasteiger partial charge in [-0.25, -0.2) is 0 Å². The molecule has 1 unspecified atom stereocenters. The molecule has 1 saturated heterocycles. The molecule has 6 heteroatoms. The van der Waals surface area contributed by atoms with Crippen LogP contribution in [-0.4, -0.2) is 43.6 Å². The van der Waals surface area contributed by atoms with E-state index in [1.165, 1.54) is 18.4 Å². The zero-order chi connectivity index (χ0) is 16.7. The molecule has 1 aromatic rings. The van der Waals surface area contributed by atoms with Crippen molar-refractivity contribution in [3.8, 4) is 5.75 Å². The molecule has 1 aliphatic heterocycles. The van der Waals surface area contributed by atoms with E-state index in [0.717, 1.165) is 29.7 Å². The maximum Gasteiger partial charge on any atom is 0.221 e. The normalized spacial score (nSPS) is 18.7. The molecule has 1 amide bonds. The summed E-state index contributed by atoms with van der Waals surface area (Å²) in [7, 11) is 1.70. The van der Waals surface area contributed by atoms with Crippen molar-refractivity contribution in [1.29, 1.82) is 0 Å². The van der Waals surface area contributed by atoms with E-state index in [1.54, 1.807) is 7.11 Å². The van der Waals surface area contributed by atoms with E-state index in [4.69, 9.17) is 10.5 Å². The van der Waals surface area contributed by atoms with Gasteiger partial charge in [-0.15, -0.1) is 0 Å². The van der Waals surface area contributed by atoms with Gasteiger partial charge in [-0.1, -0.05) is 18.6 Å². The number of methoxy groups -OCH3 is 1. The number of nitrogens with two attached hydrogens (primary N) is 1. The van der Waals surface area contributed by atoms with Gasteiger partial charge < -0.3 is 15.8 Å². The Hall–Kier alpha value is -1.11. The summed E-state index contributed by atoms with van der Waals surface area (Å²) in [5.74, 6) is 0.932. The number of hydrogen-bond acceptors (Lipinski definition) is 4. The SMILES string of the molecule is COc1c(Br)cccc1CN1CCCCC1CNC(=O)CCN. The highest BCUT2D eigenvalue weighted by Gasteiger charge is 2.24. The molecule has 0 aromatic heterocycles. The van der Waals surface area contributed by atoms with Crippen molar-refractivity contribution in [2.75, 3.05) is 26.7 Å². The number of halogens is 1. The van der Waals surface area contributed by atoms with Gasteiger partial charge in [0, 0.05) is 37.7 Å². The van der Waals surface area contributed by atoms with Crippen LogP contribution in [0.3, 0.4) is 0 Å². The number of carbonyl (C=O) groups excluding carboxylic acids is 1. The molecule has 0 radical (unpaired) electrons. The van der Waals surface area contributed by atoms with Crippen LogP contribution in [0, 0.1) is 0 Å². The van der Waals surface area contributed by atoms with Crippen molar-refractivity contribution in [3.05, 3.63) is 28.2 Å². The average Bonchev–Trinajstić information content (AvgIpc) is 2.54. The van der Waals surface area contributed by atoms with E-state index in [0.29, 0.717) is 25.6 Å². The molecule has 0 aliphatic carbocycles. The Morgan fingerprint density at radius 2 is 2.30 bits per heavy atom. The molecule has 1 fully saturated rings. The van der Waals surface area contributed by atoms with Gasteiger partial charge in [-0.2, -0.15) is 0 Å². The Labute approximate surface area is 146 Å². The minimum absolute atomic E-state index is 0.0399. The van der Waals surface area contributed by atoms with Crippen LogP contribution >= 0.6 is 15.9 Å². The molecule has 23 heavy (non-hydrogen) atoms. The summed E-state index contributed by atoms with van der Waals surface area (Å²) in [5, 5.41) is 3.01. The zero-order valence-corrected chi connectivity index (χ0v) is 15.3. The lowest BCUT2D eigenvalue weighted by Crippen LogP contribution is -2.46. The monoisotopic (exact) mass is 383 g/mol. The summed E-state index contributed by atoms with van der Waals surface area (Å²) in [6.45, 7) is 2.97. The molecular weight excluding hydrogens is 358 g/mol. The molecule has 5 nitrogen and oxygen atoms in total. The van der Waals surface area contributed by atoms with Gasteiger partial charge in [0.15, 0.2) is 0 Å². The van der Waals surface area contributed by atoms with Crippen LogP contribution < -0.4 is 15.8 Å². The van der Waals surface area contributed by atoms with Gasteiger partial charge in [-0.05, 0) is 41.4 Å². The standard InChI is InChI=1S/C17H26BrN3O2/c1-23-17-13(5-4-7-15(17)18)12-21-10-3-2-6-14(21)11-20-16(22)8-9-19/h4-5,7,14H,2-3,6,8-12,19H2,1H3,(H,20,22). The van der Waals surface area contributed by atoms with Crippen molar-refractivity contribution in [2.45, 2.75) is 38.3 Å². The zero-order valence-electron chi connectivity index (χ0n) is 13.7. The lowest BCUT2D eigenvalue weighted by molar-refractivity contribution is -0.121. The van der Waals surface area contributed by atoms with Crippen LogP contribution in [0.4, 0.5) is 0 Å². The average molecular weight is 384 g/mol. The van der Waals surface area contributed by atoms with E-state index in [-0.39, 0.29) is 5.91 Å². The number of rotatable bonds is 7. The first-order chi connectivity index (χ1) is 11.2. The van der Waals surface area contributed by atoms with Crippen LogP contribution in [0.25, 0.3) is 0 Å². The highest BCUT2D eigenvalue weighted by atomic mass is 79.9. The van der Waals surface area contributed by atoms with Crippen LogP contribution in [0.1, 0.15) is 31.2 Å². The largest absolute Gasteiger partial charge is 0.495 e. The predicted octanol–water partition coefficient (Wildman–Crippen LogP) is 2.28. The summed E-state index contributed by atoms with van der Waals surface area (Å²) in [5.41, 5.74) is 6.59.